The normalized spacial score (nSPS) is 12.0. The third-order valence-electron chi connectivity index (χ3n) is 5.30. The maximum Gasteiger partial charge on any atom is 0.0980 e. The fourth-order valence-electron chi connectivity index (χ4n) is 3.95. The third kappa shape index (κ3) is 2.42. The molecule has 0 N–H and O–H groups in total. The van der Waals surface area contributed by atoms with Crippen molar-refractivity contribution in [2.45, 2.75) is 6.61 Å². The summed E-state index contributed by atoms with van der Waals surface area (Å²) in [5.41, 5.74) is 3.55. The van der Waals surface area contributed by atoms with Gasteiger partial charge in [0.05, 0.1) is 19.1 Å². The van der Waals surface area contributed by atoms with E-state index in [1.165, 1.54) is 51.5 Å². The molecule has 28 heavy (non-hydrogen) atoms. The van der Waals surface area contributed by atoms with Crippen LogP contribution in [-0.4, -0.2) is 7.11 Å². The summed E-state index contributed by atoms with van der Waals surface area (Å²) in [7, 11) is 1.74. The Morgan fingerprint density at radius 2 is 1.39 bits per heavy atom. The van der Waals surface area contributed by atoms with Gasteiger partial charge in [0.2, 0.25) is 0 Å². The molecule has 0 saturated carbocycles. The molecule has 0 aliphatic carbocycles. The average molecular weight is 401 g/mol. The Morgan fingerprint density at radius 3 is 2.07 bits per heavy atom. The van der Waals surface area contributed by atoms with Crippen molar-refractivity contribution in [3.63, 3.8) is 0 Å². The molecule has 136 valence electrons. The predicted octanol–water partition coefficient (Wildman–Crippen LogP) is 7.83. The van der Waals surface area contributed by atoms with Crippen LogP contribution in [0.25, 0.3) is 51.5 Å². The van der Waals surface area contributed by atoms with Crippen molar-refractivity contribution in [1.82, 2.24) is 0 Å². The second-order valence-electron chi connectivity index (χ2n) is 7.04. The van der Waals surface area contributed by atoms with Crippen molar-refractivity contribution in [2.75, 3.05) is 7.11 Å². The molecule has 0 radical (unpaired) electrons. The van der Waals surface area contributed by atoms with Crippen molar-refractivity contribution in [2.24, 2.45) is 0 Å². The molecule has 6 aromatic rings. The summed E-state index contributed by atoms with van der Waals surface area (Å²) < 4.78 is 15.9. The van der Waals surface area contributed by atoms with Crippen molar-refractivity contribution in [3.8, 4) is 11.1 Å². The van der Waals surface area contributed by atoms with E-state index in [4.69, 9.17) is 9.15 Å². The molecule has 3 aromatic carbocycles. The van der Waals surface area contributed by atoms with E-state index in [0.29, 0.717) is 6.61 Å². The van der Waals surface area contributed by atoms with Crippen LogP contribution in [-0.2, 0) is 11.3 Å². The Balaban J connectivity index is 1.58. The van der Waals surface area contributed by atoms with Crippen LogP contribution in [0.5, 0.6) is 0 Å². The van der Waals surface area contributed by atoms with Gasteiger partial charge in [0, 0.05) is 53.0 Å². The number of methoxy groups -OCH3 is 1. The fraction of sp³-hybridized carbons (Fsp3) is 0.0833. The molecule has 3 aromatic heterocycles. The summed E-state index contributed by atoms with van der Waals surface area (Å²) in [5.74, 6) is 0. The first-order valence-corrected chi connectivity index (χ1v) is 10.8. The first-order valence-electron chi connectivity index (χ1n) is 9.13. The maximum atomic E-state index is 5.29. The van der Waals surface area contributed by atoms with Crippen molar-refractivity contribution >= 4 is 63.0 Å². The van der Waals surface area contributed by atoms with Crippen molar-refractivity contribution in [3.05, 3.63) is 72.7 Å². The molecular weight excluding hydrogens is 384 g/mol. The Morgan fingerprint density at radius 1 is 0.714 bits per heavy atom. The first-order chi connectivity index (χ1) is 13.8. The standard InChI is InChI=1S/C24H16O2S2/c1-25-12-14-2-4-17-19-10-24-20(11-23(19)27-21(17)8-14)18-5-3-15(9-22(18)28-24)16-6-7-26-13-16/h2-11,13H,12H2,1H3. The summed E-state index contributed by atoms with van der Waals surface area (Å²) in [6, 6.07) is 20.1. The molecule has 0 unspecified atom stereocenters. The van der Waals surface area contributed by atoms with E-state index in [-0.39, 0.29) is 0 Å². The van der Waals surface area contributed by atoms with Crippen molar-refractivity contribution in [1.29, 1.82) is 0 Å². The molecule has 0 atom stereocenters. The Kier molecular flexibility index (Phi) is 3.60. The van der Waals surface area contributed by atoms with Gasteiger partial charge in [-0.3, -0.25) is 0 Å². The number of thiophene rings is 2. The molecule has 2 nitrogen and oxygen atoms in total. The molecule has 4 heteroatoms. The molecular formula is C24H16O2S2. The van der Waals surface area contributed by atoms with Gasteiger partial charge in [-0.1, -0.05) is 24.3 Å². The van der Waals surface area contributed by atoms with Gasteiger partial charge in [-0.15, -0.1) is 22.7 Å². The summed E-state index contributed by atoms with van der Waals surface area (Å²) >= 11 is 3.73. The Labute approximate surface area is 169 Å². The molecule has 0 aliphatic rings. The zero-order chi connectivity index (χ0) is 18.7. The molecule has 0 saturated heterocycles. The topological polar surface area (TPSA) is 22.4 Å². The first kappa shape index (κ1) is 16.3. The third-order valence-corrected chi connectivity index (χ3v) is 7.53. The van der Waals surface area contributed by atoms with Crippen LogP contribution in [0.1, 0.15) is 5.56 Å². The van der Waals surface area contributed by atoms with E-state index in [2.05, 4.69) is 48.5 Å². The van der Waals surface area contributed by atoms with Gasteiger partial charge in [-0.05, 0) is 41.5 Å². The largest absolute Gasteiger partial charge is 0.472 e. The SMILES string of the molecule is COCc1ccc2c(c1)sc1cc3c(cc12)sc1cc(-c2ccoc2)ccc13. The number of hydrogen-bond donors (Lipinski definition) is 0. The summed E-state index contributed by atoms with van der Waals surface area (Å²) in [5, 5.41) is 5.35. The number of ether oxygens (including phenoxy) is 1. The van der Waals surface area contributed by atoms with Gasteiger partial charge >= 0.3 is 0 Å². The van der Waals surface area contributed by atoms with Gasteiger partial charge < -0.3 is 9.15 Å². The lowest BCUT2D eigenvalue weighted by Crippen LogP contribution is -1.85. The molecule has 3 heterocycles. The Hall–Kier alpha value is -2.66. The van der Waals surface area contributed by atoms with Gasteiger partial charge in [0.1, 0.15) is 0 Å². The molecule has 0 aliphatic heterocycles. The lowest BCUT2D eigenvalue weighted by molar-refractivity contribution is 0.185. The second kappa shape index (κ2) is 6.17. The number of benzene rings is 3. The van der Waals surface area contributed by atoms with E-state index >= 15 is 0 Å². The van der Waals surface area contributed by atoms with Gasteiger partial charge in [0.25, 0.3) is 0 Å². The smallest absolute Gasteiger partial charge is 0.0980 e. The molecule has 6 rings (SSSR count). The summed E-state index contributed by atoms with van der Waals surface area (Å²) in [6.45, 7) is 0.656. The minimum absolute atomic E-state index is 0.656. The molecule has 0 bridgehead atoms. The lowest BCUT2D eigenvalue weighted by Gasteiger charge is -1.99. The van der Waals surface area contributed by atoms with Crippen LogP contribution in [0.15, 0.2) is 71.5 Å². The monoisotopic (exact) mass is 400 g/mol. The van der Waals surface area contributed by atoms with E-state index in [0.717, 1.165) is 5.56 Å². The number of furan rings is 1. The lowest BCUT2D eigenvalue weighted by atomic mass is 10.0. The average Bonchev–Trinajstić information content (AvgIpc) is 3.42. The zero-order valence-corrected chi connectivity index (χ0v) is 16.8. The van der Waals surface area contributed by atoms with E-state index < -0.39 is 0 Å². The molecule has 0 fully saturated rings. The van der Waals surface area contributed by atoms with Crippen LogP contribution < -0.4 is 0 Å². The minimum Gasteiger partial charge on any atom is -0.472 e. The van der Waals surface area contributed by atoms with Crippen LogP contribution in [0.2, 0.25) is 0 Å². The van der Waals surface area contributed by atoms with E-state index in [1.807, 2.05) is 28.7 Å². The predicted molar refractivity (Wildman–Crippen MR) is 121 cm³/mol. The molecule has 0 amide bonds. The quantitative estimate of drug-likeness (QED) is 0.302. The highest BCUT2D eigenvalue weighted by Crippen LogP contribution is 2.42. The number of hydrogen-bond acceptors (Lipinski definition) is 4. The van der Waals surface area contributed by atoms with E-state index in [1.54, 1.807) is 19.6 Å². The number of fused-ring (bicyclic) bond motifs is 6. The molecule has 0 spiro atoms. The minimum atomic E-state index is 0.656. The van der Waals surface area contributed by atoms with E-state index in [9.17, 15) is 0 Å². The zero-order valence-electron chi connectivity index (χ0n) is 15.2. The fourth-order valence-corrected chi connectivity index (χ4v) is 6.31. The summed E-state index contributed by atoms with van der Waals surface area (Å²) in [6.07, 6.45) is 3.52. The van der Waals surface area contributed by atoms with Crippen molar-refractivity contribution < 1.29 is 9.15 Å². The highest BCUT2D eigenvalue weighted by atomic mass is 32.1. The Bertz CT molecular complexity index is 1470. The number of rotatable bonds is 3. The van der Waals surface area contributed by atoms with Crippen LogP contribution in [0, 0.1) is 0 Å². The maximum absolute atomic E-state index is 5.29. The highest BCUT2D eigenvalue weighted by Gasteiger charge is 2.12. The van der Waals surface area contributed by atoms with Gasteiger partial charge in [0.15, 0.2) is 0 Å². The highest BCUT2D eigenvalue weighted by molar-refractivity contribution is 7.27. The van der Waals surface area contributed by atoms with Crippen LogP contribution >= 0.6 is 22.7 Å². The van der Waals surface area contributed by atoms with Crippen LogP contribution in [0.3, 0.4) is 0 Å². The summed E-state index contributed by atoms with van der Waals surface area (Å²) in [4.78, 5) is 0. The second-order valence-corrected chi connectivity index (χ2v) is 9.20. The van der Waals surface area contributed by atoms with Gasteiger partial charge in [-0.25, -0.2) is 0 Å². The van der Waals surface area contributed by atoms with Gasteiger partial charge in [-0.2, -0.15) is 0 Å². The van der Waals surface area contributed by atoms with Crippen LogP contribution in [0.4, 0.5) is 0 Å².